The molecule has 0 aliphatic carbocycles. The lowest BCUT2D eigenvalue weighted by molar-refractivity contribution is -0.384. The summed E-state index contributed by atoms with van der Waals surface area (Å²) in [6, 6.07) is 11.7. The maximum absolute atomic E-state index is 12.3. The van der Waals surface area contributed by atoms with Gasteiger partial charge in [0.15, 0.2) is 0 Å². The van der Waals surface area contributed by atoms with Gasteiger partial charge in [0.1, 0.15) is 6.33 Å². The molecule has 2 aromatic carbocycles. The molecule has 0 spiro atoms. The molecule has 26 heavy (non-hydrogen) atoms. The third-order valence-electron chi connectivity index (χ3n) is 3.35. The molecule has 0 aliphatic heterocycles. The fourth-order valence-corrected chi connectivity index (χ4v) is 3.33. The molecule has 0 amide bonds. The summed E-state index contributed by atoms with van der Waals surface area (Å²) in [5, 5.41) is 15.3. The minimum atomic E-state index is -3.95. The highest BCUT2D eigenvalue weighted by atomic mass is 35.5. The molecule has 1 N–H and O–H groups in total. The van der Waals surface area contributed by atoms with Crippen LogP contribution >= 0.6 is 11.6 Å². The van der Waals surface area contributed by atoms with Gasteiger partial charge in [-0.25, -0.2) is 17.8 Å². The third kappa shape index (κ3) is 4.16. The summed E-state index contributed by atoms with van der Waals surface area (Å²) in [5.74, 6) is -0.106. The third-order valence-corrected chi connectivity index (χ3v) is 4.93. The number of benzene rings is 2. The number of sulfonamides is 1. The molecule has 3 aromatic rings. The first-order valence-electron chi connectivity index (χ1n) is 7.25. The molecular formula is C15H12ClN5O4S. The second kappa shape index (κ2) is 7.10. The number of nitro groups is 1. The van der Waals surface area contributed by atoms with E-state index in [0.717, 1.165) is 29.8 Å². The predicted octanol–water partition coefficient (Wildman–Crippen LogP) is 2.69. The van der Waals surface area contributed by atoms with Crippen molar-refractivity contribution in [2.45, 2.75) is 11.4 Å². The molecule has 11 heteroatoms. The van der Waals surface area contributed by atoms with Crippen LogP contribution in [0.2, 0.25) is 5.02 Å². The first-order valence-corrected chi connectivity index (χ1v) is 9.11. The van der Waals surface area contributed by atoms with Gasteiger partial charge in [0, 0.05) is 17.2 Å². The Kier molecular flexibility index (Phi) is 4.87. The van der Waals surface area contributed by atoms with Crippen LogP contribution in [0.4, 0.5) is 11.6 Å². The Morgan fingerprint density at radius 1 is 1.19 bits per heavy atom. The van der Waals surface area contributed by atoms with Gasteiger partial charge in [-0.1, -0.05) is 23.7 Å². The minimum absolute atomic E-state index is 0.106. The van der Waals surface area contributed by atoms with Gasteiger partial charge in [0.2, 0.25) is 0 Å². The van der Waals surface area contributed by atoms with Crippen molar-refractivity contribution < 1.29 is 13.3 Å². The van der Waals surface area contributed by atoms with E-state index in [1.807, 2.05) is 6.07 Å². The fourth-order valence-electron chi connectivity index (χ4n) is 2.17. The van der Waals surface area contributed by atoms with E-state index >= 15 is 0 Å². The summed E-state index contributed by atoms with van der Waals surface area (Å²) >= 11 is 5.92. The molecule has 0 fully saturated rings. The van der Waals surface area contributed by atoms with Crippen LogP contribution in [-0.4, -0.2) is 28.1 Å². The lowest BCUT2D eigenvalue weighted by atomic mass is 10.2. The lowest BCUT2D eigenvalue weighted by Gasteiger charge is -2.04. The van der Waals surface area contributed by atoms with E-state index in [0.29, 0.717) is 11.6 Å². The lowest BCUT2D eigenvalue weighted by Crippen LogP contribution is -2.14. The molecule has 0 bridgehead atoms. The molecule has 134 valence electrons. The van der Waals surface area contributed by atoms with E-state index in [1.54, 1.807) is 18.2 Å². The normalized spacial score (nSPS) is 11.3. The minimum Gasteiger partial charge on any atom is -0.258 e. The number of aromatic nitrogens is 3. The number of hydrogen-bond donors (Lipinski definition) is 1. The van der Waals surface area contributed by atoms with E-state index in [9.17, 15) is 18.5 Å². The van der Waals surface area contributed by atoms with Crippen LogP contribution in [0.5, 0.6) is 0 Å². The van der Waals surface area contributed by atoms with E-state index in [-0.39, 0.29) is 16.5 Å². The van der Waals surface area contributed by atoms with Gasteiger partial charge in [-0.3, -0.25) is 10.1 Å². The largest absolute Gasteiger partial charge is 0.269 e. The van der Waals surface area contributed by atoms with Crippen LogP contribution in [0.1, 0.15) is 5.56 Å². The zero-order valence-electron chi connectivity index (χ0n) is 13.1. The van der Waals surface area contributed by atoms with Gasteiger partial charge >= 0.3 is 0 Å². The van der Waals surface area contributed by atoms with Crippen LogP contribution in [0, 0.1) is 10.1 Å². The van der Waals surface area contributed by atoms with Crippen LogP contribution in [0.15, 0.2) is 59.8 Å². The summed E-state index contributed by atoms with van der Waals surface area (Å²) in [4.78, 5) is 13.8. The van der Waals surface area contributed by atoms with Gasteiger partial charge in [-0.2, -0.15) is 4.98 Å². The van der Waals surface area contributed by atoms with Crippen LogP contribution < -0.4 is 4.72 Å². The smallest absolute Gasteiger partial charge is 0.258 e. The Labute approximate surface area is 153 Å². The molecule has 1 aromatic heterocycles. The molecule has 9 nitrogen and oxygen atoms in total. The Bertz CT molecular complexity index is 1050. The average molecular weight is 394 g/mol. The summed E-state index contributed by atoms with van der Waals surface area (Å²) < 4.78 is 28.3. The van der Waals surface area contributed by atoms with Crippen molar-refractivity contribution in [2.24, 2.45) is 0 Å². The standard InChI is InChI=1S/C15H12ClN5O4S/c16-12-3-1-2-11(8-12)9-20-10-17-15(18-20)19-26(24,25)14-6-4-13(5-7-14)21(22)23/h1-8,10H,9H2,(H,18,19). The number of hydrogen-bond acceptors (Lipinski definition) is 6. The first-order chi connectivity index (χ1) is 12.3. The number of nitrogens with zero attached hydrogens (tertiary/aromatic N) is 4. The SMILES string of the molecule is O=[N+]([O-])c1ccc(S(=O)(=O)Nc2ncn(Cc3cccc(Cl)c3)n2)cc1. The zero-order chi connectivity index (χ0) is 18.7. The van der Waals surface area contributed by atoms with E-state index in [1.165, 1.54) is 11.0 Å². The fraction of sp³-hybridized carbons (Fsp3) is 0.0667. The highest BCUT2D eigenvalue weighted by Crippen LogP contribution is 2.18. The summed E-state index contributed by atoms with van der Waals surface area (Å²) in [7, 11) is -3.95. The highest BCUT2D eigenvalue weighted by Gasteiger charge is 2.18. The van der Waals surface area contributed by atoms with Crippen LogP contribution in [0.3, 0.4) is 0 Å². The zero-order valence-corrected chi connectivity index (χ0v) is 14.7. The average Bonchev–Trinajstić information content (AvgIpc) is 3.01. The van der Waals surface area contributed by atoms with Crippen molar-refractivity contribution in [2.75, 3.05) is 4.72 Å². The van der Waals surface area contributed by atoms with E-state index in [4.69, 9.17) is 11.6 Å². The number of rotatable bonds is 6. The number of nitrogens with one attached hydrogen (secondary N) is 1. The monoisotopic (exact) mass is 393 g/mol. The van der Waals surface area contributed by atoms with E-state index < -0.39 is 14.9 Å². The van der Waals surface area contributed by atoms with Crippen molar-refractivity contribution in [3.63, 3.8) is 0 Å². The molecule has 0 unspecified atom stereocenters. The number of nitro benzene ring substituents is 1. The van der Waals surface area contributed by atoms with Gasteiger partial charge < -0.3 is 0 Å². The Balaban J connectivity index is 1.74. The molecular weight excluding hydrogens is 382 g/mol. The molecule has 0 atom stereocenters. The Morgan fingerprint density at radius 2 is 1.92 bits per heavy atom. The molecule has 0 radical (unpaired) electrons. The number of non-ortho nitro benzene ring substituents is 1. The second-order valence-corrected chi connectivity index (χ2v) is 7.37. The van der Waals surface area contributed by atoms with Gasteiger partial charge in [-0.15, -0.1) is 5.10 Å². The quantitative estimate of drug-likeness (QED) is 0.507. The molecule has 0 saturated carbocycles. The maximum atomic E-state index is 12.3. The summed E-state index contributed by atoms with van der Waals surface area (Å²) in [6.45, 7) is 0.368. The topological polar surface area (TPSA) is 120 Å². The highest BCUT2D eigenvalue weighted by molar-refractivity contribution is 7.92. The molecule has 0 saturated heterocycles. The predicted molar refractivity (Wildman–Crippen MR) is 94.5 cm³/mol. The summed E-state index contributed by atoms with van der Waals surface area (Å²) in [6.07, 6.45) is 1.38. The van der Waals surface area contributed by atoms with Crippen molar-refractivity contribution >= 4 is 33.3 Å². The van der Waals surface area contributed by atoms with Crippen molar-refractivity contribution in [1.82, 2.24) is 14.8 Å². The van der Waals surface area contributed by atoms with E-state index in [2.05, 4.69) is 14.8 Å². The van der Waals surface area contributed by atoms with Gasteiger partial charge in [0.05, 0.1) is 16.4 Å². The Hall–Kier alpha value is -2.98. The van der Waals surface area contributed by atoms with Crippen LogP contribution in [0.25, 0.3) is 0 Å². The van der Waals surface area contributed by atoms with Crippen molar-refractivity contribution in [3.05, 3.63) is 75.6 Å². The van der Waals surface area contributed by atoms with Gasteiger partial charge in [-0.05, 0) is 29.8 Å². The van der Waals surface area contributed by atoms with Crippen molar-refractivity contribution in [1.29, 1.82) is 0 Å². The molecule has 1 heterocycles. The number of anilines is 1. The van der Waals surface area contributed by atoms with Gasteiger partial charge in [0.25, 0.3) is 21.7 Å². The first kappa shape index (κ1) is 17.8. The maximum Gasteiger partial charge on any atom is 0.269 e. The summed E-state index contributed by atoms with van der Waals surface area (Å²) in [5.41, 5.74) is 0.681. The molecule has 0 aliphatic rings. The van der Waals surface area contributed by atoms with Crippen molar-refractivity contribution in [3.8, 4) is 0 Å². The molecule has 3 rings (SSSR count). The number of halogens is 1. The van der Waals surface area contributed by atoms with Crippen LogP contribution in [-0.2, 0) is 16.6 Å². The Morgan fingerprint density at radius 3 is 2.58 bits per heavy atom. The second-order valence-electron chi connectivity index (χ2n) is 5.25.